The standard InChI is InChI=1S/C14H18BrClINO/c1-2-3-10(6-7-15)9-18-14(19)11-4-5-13(17)12(16)8-11/h4-5,8,10H,2-3,6-7,9H2,1H3,(H,18,19). The number of amides is 1. The molecule has 1 amide bonds. The van der Waals surface area contributed by atoms with Gasteiger partial charge in [0.2, 0.25) is 0 Å². The zero-order chi connectivity index (χ0) is 14.3. The zero-order valence-corrected chi connectivity index (χ0v) is 15.4. The number of carbonyl (C=O) groups excluding carboxylic acids is 1. The number of hydrogen-bond donors (Lipinski definition) is 1. The molecule has 0 saturated heterocycles. The Labute approximate surface area is 141 Å². The minimum absolute atomic E-state index is 0.0472. The van der Waals surface area contributed by atoms with Crippen LogP contribution in [0.5, 0.6) is 0 Å². The molecule has 0 radical (unpaired) electrons. The highest BCUT2D eigenvalue weighted by molar-refractivity contribution is 14.1. The maximum absolute atomic E-state index is 12.0. The van der Waals surface area contributed by atoms with Crippen LogP contribution in [0.4, 0.5) is 0 Å². The second-order valence-electron chi connectivity index (χ2n) is 4.47. The first kappa shape index (κ1) is 17.2. The zero-order valence-electron chi connectivity index (χ0n) is 10.9. The van der Waals surface area contributed by atoms with Gasteiger partial charge in [-0.25, -0.2) is 0 Å². The predicted octanol–water partition coefficient (Wildman–Crippen LogP) is 4.88. The van der Waals surface area contributed by atoms with Crippen LogP contribution in [0, 0.1) is 9.49 Å². The molecule has 1 unspecified atom stereocenters. The monoisotopic (exact) mass is 457 g/mol. The fraction of sp³-hybridized carbons (Fsp3) is 0.500. The van der Waals surface area contributed by atoms with Gasteiger partial charge >= 0.3 is 0 Å². The van der Waals surface area contributed by atoms with Crippen LogP contribution in [-0.2, 0) is 0 Å². The van der Waals surface area contributed by atoms with Crippen molar-refractivity contribution in [3.63, 3.8) is 0 Å². The summed E-state index contributed by atoms with van der Waals surface area (Å²) in [5.41, 5.74) is 0.625. The van der Waals surface area contributed by atoms with Gasteiger partial charge in [-0.1, -0.05) is 40.9 Å². The van der Waals surface area contributed by atoms with E-state index in [-0.39, 0.29) is 5.91 Å². The van der Waals surface area contributed by atoms with Crippen LogP contribution >= 0.6 is 50.1 Å². The molecule has 0 aliphatic rings. The molecule has 0 saturated carbocycles. The molecule has 0 aromatic heterocycles. The summed E-state index contributed by atoms with van der Waals surface area (Å²) < 4.78 is 0.957. The topological polar surface area (TPSA) is 29.1 Å². The van der Waals surface area contributed by atoms with Gasteiger partial charge in [0.25, 0.3) is 5.91 Å². The molecule has 19 heavy (non-hydrogen) atoms. The molecule has 0 aliphatic heterocycles. The minimum atomic E-state index is -0.0472. The van der Waals surface area contributed by atoms with Crippen molar-refractivity contribution in [2.24, 2.45) is 5.92 Å². The summed E-state index contributed by atoms with van der Waals surface area (Å²) in [5, 5.41) is 4.59. The molecule has 2 nitrogen and oxygen atoms in total. The van der Waals surface area contributed by atoms with Crippen molar-refractivity contribution < 1.29 is 4.79 Å². The maximum atomic E-state index is 12.0. The van der Waals surface area contributed by atoms with Gasteiger partial charge in [-0.05, 0) is 59.5 Å². The van der Waals surface area contributed by atoms with E-state index in [1.165, 1.54) is 0 Å². The Kier molecular flexibility index (Phi) is 8.34. The number of hydrogen-bond acceptors (Lipinski definition) is 1. The maximum Gasteiger partial charge on any atom is 0.251 e. The largest absolute Gasteiger partial charge is 0.352 e. The van der Waals surface area contributed by atoms with Crippen LogP contribution in [-0.4, -0.2) is 17.8 Å². The lowest BCUT2D eigenvalue weighted by molar-refractivity contribution is 0.0946. The molecule has 0 heterocycles. The van der Waals surface area contributed by atoms with Crippen molar-refractivity contribution in [2.75, 3.05) is 11.9 Å². The van der Waals surface area contributed by atoms with E-state index in [1.807, 2.05) is 12.1 Å². The van der Waals surface area contributed by atoms with Gasteiger partial charge in [0.1, 0.15) is 0 Å². The van der Waals surface area contributed by atoms with Gasteiger partial charge in [0.05, 0.1) is 5.02 Å². The highest BCUT2D eigenvalue weighted by Crippen LogP contribution is 2.19. The quantitative estimate of drug-likeness (QED) is 0.458. The van der Waals surface area contributed by atoms with Gasteiger partial charge in [0.15, 0.2) is 0 Å². The normalized spacial score (nSPS) is 12.2. The first-order chi connectivity index (χ1) is 9.08. The van der Waals surface area contributed by atoms with E-state index < -0.39 is 0 Å². The Balaban J connectivity index is 2.56. The highest BCUT2D eigenvalue weighted by atomic mass is 127. The lowest BCUT2D eigenvalue weighted by Gasteiger charge is -2.15. The van der Waals surface area contributed by atoms with Crippen LogP contribution < -0.4 is 5.32 Å². The van der Waals surface area contributed by atoms with Crippen molar-refractivity contribution in [1.82, 2.24) is 5.32 Å². The Morgan fingerprint density at radius 2 is 2.21 bits per heavy atom. The summed E-state index contributed by atoms with van der Waals surface area (Å²) in [6, 6.07) is 5.39. The molecular formula is C14H18BrClINO. The number of rotatable bonds is 7. The van der Waals surface area contributed by atoms with Crippen molar-refractivity contribution in [3.05, 3.63) is 32.4 Å². The van der Waals surface area contributed by atoms with E-state index in [4.69, 9.17) is 11.6 Å². The van der Waals surface area contributed by atoms with E-state index in [9.17, 15) is 4.79 Å². The fourth-order valence-electron chi connectivity index (χ4n) is 1.89. The van der Waals surface area contributed by atoms with Crippen molar-refractivity contribution in [1.29, 1.82) is 0 Å². The third-order valence-corrected chi connectivity index (χ3v) is 4.98. The lowest BCUT2D eigenvalue weighted by atomic mass is 10.0. The van der Waals surface area contributed by atoms with Gasteiger partial charge in [-0.2, -0.15) is 0 Å². The summed E-state index contributed by atoms with van der Waals surface area (Å²) in [4.78, 5) is 12.0. The number of alkyl halides is 1. The fourth-order valence-corrected chi connectivity index (χ4v) is 3.05. The molecule has 1 aromatic carbocycles. The average Bonchev–Trinajstić information content (AvgIpc) is 2.39. The van der Waals surface area contributed by atoms with Crippen LogP contribution in [0.15, 0.2) is 18.2 Å². The lowest BCUT2D eigenvalue weighted by Crippen LogP contribution is -2.29. The van der Waals surface area contributed by atoms with E-state index in [2.05, 4.69) is 50.8 Å². The summed E-state index contributed by atoms with van der Waals surface area (Å²) >= 11 is 11.6. The SMILES string of the molecule is CCCC(CCBr)CNC(=O)c1ccc(I)c(Cl)c1. The summed E-state index contributed by atoms with van der Waals surface area (Å²) in [5.74, 6) is 0.488. The van der Waals surface area contributed by atoms with Crippen molar-refractivity contribution in [3.8, 4) is 0 Å². The van der Waals surface area contributed by atoms with Crippen LogP contribution in [0.2, 0.25) is 5.02 Å². The molecule has 1 N–H and O–H groups in total. The minimum Gasteiger partial charge on any atom is -0.352 e. The van der Waals surface area contributed by atoms with E-state index in [1.54, 1.807) is 6.07 Å². The molecule has 106 valence electrons. The molecular weight excluding hydrogens is 440 g/mol. The average molecular weight is 459 g/mol. The molecule has 0 fully saturated rings. The van der Waals surface area contributed by atoms with Gasteiger partial charge in [-0.3, -0.25) is 4.79 Å². The Hall–Kier alpha value is 0.190. The number of halogens is 3. The van der Waals surface area contributed by atoms with Crippen LogP contribution in [0.25, 0.3) is 0 Å². The third kappa shape index (κ3) is 6.00. The number of benzene rings is 1. The molecule has 0 bridgehead atoms. The van der Waals surface area contributed by atoms with Gasteiger partial charge in [-0.15, -0.1) is 0 Å². The molecule has 0 aliphatic carbocycles. The second kappa shape index (κ2) is 9.19. The van der Waals surface area contributed by atoms with E-state index in [0.29, 0.717) is 16.5 Å². The summed E-state index contributed by atoms with van der Waals surface area (Å²) in [7, 11) is 0. The molecule has 1 aromatic rings. The smallest absolute Gasteiger partial charge is 0.251 e. The van der Waals surface area contributed by atoms with Crippen LogP contribution in [0.3, 0.4) is 0 Å². The Morgan fingerprint density at radius 1 is 1.47 bits per heavy atom. The van der Waals surface area contributed by atoms with Gasteiger partial charge < -0.3 is 5.32 Å². The molecule has 1 atom stereocenters. The van der Waals surface area contributed by atoms with E-state index in [0.717, 1.165) is 34.7 Å². The van der Waals surface area contributed by atoms with Gasteiger partial charge in [0, 0.05) is 21.0 Å². The first-order valence-corrected chi connectivity index (χ1v) is 8.95. The Bertz CT molecular complexity index is 422. The highest BCUT2D eigenvalue weighted by Gasteiger charge is 2.11. The molecule has 0 spiro atoms. The van der Waals surface area contributed by atoms with E-state index >= 15 is 0 Å². The third-order valence-electron chi connectivity index (χ3n) is 2.95. The number of nitrogens with one attached hydrogen (secondary N) is 1. The first-order valence-electron chi connectivity index (χ1n) is 6.37. The second-order valence-corrected chi connectivity index (χ2v) is 6.83. The Morgan fingerprint density at radius 3 is 2.79 bits per heavy atom. The molecule has 5 heteroatoms. The molecule has 1 rings (SSSR count). The van der Waals surface area contributed by atoms with Crippen LogP contribution in [0.1, 0.15) is 36.5 Å². The summed E-state index contributed by atoms with van der Waals surface area (Å²) in [6.07, 6.45) is 3.36. The predicted molar refractivity (Wildman–Crippen MR) is 93.3 cm³/mol. The van der Waals surface area contributed by atoms with Crippen molar-refractivity contribution >= 4 is 56.0 Å². The van der Waals surface area contributed by atoms with Crippen molar-refractivity contribution in [2.45, 2.75) is 26.2 Å². The number of carbonyl (C=O) groups is 1. The summed E-state index contributed by atoms with van der Waals surface area (Å²) in [6.45, 7) is 2.89.